The molecular formula is C31H57NO6. The highest BCUT2D eigenvalue weighted by Crippen LogP contribution is 2.21. The minimum atomic E-state index is -1.08. The fourth-order valence-electron chi connectivity index (χ4n) is 4.78. The van der Waals surface area contributed by atoms with Crippen molar-refractivity contribution in [2.45, 2.75) is 124 Å². The van der Waals surface area contributed by atoms with E-state index < -0.39 is 35.7 Å². The van der Waals surface area contributed by atoms with E-state index in [9.17, 15) is 29.7 Å². The summed E-state index contributed by atoms with van der Waals surface area (Å²) in [7, 11) is 0. The lowest BCUT2D eigenvalue weighted by molar-refractivity contribution is -0.929. The molecule has 0 aliphatic rings. The van der Waals surface area contributed by atoms with Gasteiger partial charge < -0.3 is 24.6 Å². The molecule has 3 atom stereocenters. The van der Waals surface area contributed by atoms with Crippen LogP contribution < -0.4 is 5.11 Å². The Morgan fingerprint density at radius 3 is 1.45 bits per heavy atom. The van der Waals surface area contributed by atoms with Gasteiger partial charge in [0.25, 0.3) is 0 Å². The smallest absolute Gasteiger partial charge is 0.306 e. The lowest BCUT2D eigenvalue weighted by Gasteiger charge is -2.41. The van der Waals surface area contributed by atoms with Crippen LogP contribution in [0.15, 0.2) is 12.2 Å². The van der Waals surface area contributed by atoms with E-state index in [1.165, 1.54) is 44.9 Å². The van der Waals surface area contributed by atoms with Gasteiger partial charge in [-0.1, -0.05) is 78.4 Å². The topological polar surface area (TPSA) is 115 Å². The van der Waals surface area contributed by atoms with Gasteiger partial charge in [-0.15, -0.1) is 0 Å². The summed E-state index contributed by atoms with van der Waals surface area (Å²) < 4.78 is 0.570. The first-order valence-electron chi connectivity index (χ1n) is 15.2. The van der Waals surface area contributed by atoms with Crippen LogP contribution in [0.25, 0.3) is 0 Å². The molecule has 0 fully saturated rings. The second-order valence-corrected chi connectivity index (χ2v) is 11.5. The fraction of sp³-hybridized carbons (Fsp3) is 0.839. The predicted octanol–water partition coefficient (Wildman–Crippen LogP) is 6.06. The SMILES string of the molecule is CCCCCCCCC/C=C/CCCCC[N+](CCC(C)C(=O)[O-])(CCC(C)C(=O)O)CCC(C)C(=O)O. The van der Waals surface area contributed by atoms with Gasteiger partial charge >= 0.3 is 11.9 Å². The van der Waals surface area contributed by atoms with Gasteiger partial charge in [-0.3, -0.25) is 9.59 Å². The molecule has 7 nitrogen and oxygen atoms in total. The maximum Gasteiger partial charge on any atom is 0.306 e. The average molecular weight is 540 g/mol. The molecule has 0 heterocycles. The third-order valence-electron chi connectivity index (χ3n) is 8.00. The lowest BCUT2D eigenvalue weighted by Crippen LogP contribution is -2.52. The Morgan fingerprint density at radius 2 is 1.03 bits per heavy atom. The van der Waals surface area contributed by atoms with E-state index in [1.807, 2.05) is 0 Å². The zero-order valence-electron chi connectivity index (χ0n) is 24.8. The molecule has 0 aromatic rings. The van der Waals surface area contributed by atoms with Gasteiger partial charge in [0.2, 0.25) is 0 Å². The van der Waals surface area contributed by atoms with Crippen LogP contribution in [0, 0.1) is 17.8 Å². The highest BCUT2D eigenvalue weighted by Gasteiger charge is 2.30. The van der Waals surface area contributed by atoms with E-state index in [0.717, 1.165) is 38.6 Å². The number of allylic oxidation sites excluding steroid dienone is 2. The van der Waals surface area contributed by atoms with Gasteiger partial charge in [-0.25, -0.2) is 0 Å². The molecule has 7 heteroatoms. The van der Waals surface area contributed by atoms with Gasteiger partial charge in [-0.2, -0.15) is 0 Å². The van der Waals surface area contributed by atoms with Gasteiger partial charge in [0.1, 0.15) is 0 Å². The van der Waals surface area contributed by atoms with Crippen LogP contribution in [0.4, 0.5) is 0 Å². The summed E-state index contributed by atoms with van der Waals surface area (Å²) in [6.45, 7) is 9.89. The van der Waals surface area contributed by atoms with Crippen molar-refractivity contribution in [2.24, 2.45) is 17.8 Å². The molecule has 0 amide bonds. The third-order valence-corrected chi connectivity index (χ3v) is 8.00. The van der Waals surface area contributed by atoms with E-state index in [4.69, 9.17) is 0 Å². The van der Waals surface area contributed by atoms with Crippen LogP contribution in [0.2, 0.25) is 0 Å². The molecule has 38 heavy (non-hydrogen) atoms. The predicted molar refractivity (Wildman–Crippen MR) is 152 cm³/mol. The number of nitrogens with zero attached hydrogens (tertiary/aromatic N) is 1. The number of hydrogen-bond acceptors (Lipinski definition) is 4. The quantitative estimate of drug-likeness (QED) is 0.0784. The normalized spacial score (nSPS) is 15.7. The molecule has 0 aromatic carbocycles. The number of aliphatic carboxylic acids is 3. The number of carbonyl (C=O) groups excluding carboxylic acids is 1. The second-order valence-electron chi connectivity index (χ2n) is 11.5. The number of unbranched alkanes of at least 4 members (excludes halogenated alkanes) is 10. The standard InChI is InChI=1S/C31H57NO6/c1-5-6-7-8-9-10-11-12-13-14-15-16-17-18-22-32(23-19-26(2)29(33)34,24-20-27(3)30(35)36)25-21-28(4)31(37)38/h13-14,26-28H,5-12,15-25H2,1-4H3,(H2-,33,34,35,36,37,38)/b14-13+. The summed E-state index contributed by atoms with van der Waals surface area (Å²) in [5.74, 6) is -4.34. The second kappa shape index (κ2) is 22.0. The zero-order chi connectivity index (χ0) is 28.8. The monoisotopic (exact) mass is 539 g/mol. The van der Waals surface area contributed by atoms with E-state index in [0.29, 0.717) is 43.4 Å². The van der Waals surface area contributed by atoms with Crippen molar-refractivity contribution in [3.63, 3.8) is 0 Å². The van der Waals surface area contributed by atoms with Crippen molar-refractivity contribution in [1.82, 2.24) is 0 Å². The van der Waals surface area contributed by atoms with Crippen LogP contribution in [0.5, 0.6) is 0 Å². The van der Waals surface area contributed by atoms with Crippen LogP contribution in [0.3, 0.4) is 0 Å². The molecule has 0 saturated carbocycles. The van der Waals surface area contributed by atoms with Crippen LogP contribution in [-0.4, -0.2) is 58.8 Å². The first-order valence-corrected chi connectivity index (χ1v) is 15.2. The summed E-state index contributed by atoms with van der Waals surface area (Å²) in [5.41, 5.74) is 0. The van der Waals surface area contributed by atoms with Gasteiger partial charge in [0, 0.05) is 31.1 Å². The van der Waals surface area contributed by atoms with Crippen LogP contribution in [0.1, 0.15) is 124 Å². The summed E-state index contributed by atoms with van der Waals surface area (Å²) >= 11 is 0. The minimum Gasteiger partial charge on any atom is -0.550 e. The maximum atomic E-state index is 11.4. The third kappa shape index (κ3) is 18.4. The molecule has 0 spiro atoms. The Hall–Kier alpha value is -1.89. The van der Waals surface area contributed by atoms with Crippen molar-refractivity contribution < 1.29 is 34.2 Å². The molecule has 2 N–H and O–H groups in total. The van der Waals surface area contributed by atoms with E-state index >= 15 is 0 Å². The summed E-state index contributed by atoms with van der Waals surface area (Å²) in [6.07, 6.45) is 20.5. The van der Waals surface area contributed by atoms with E-state index in [-0.39, 0.29) is 0 Å². The molecular weight excluding hydrogens is 482 g/mol. The zero-order valence-corrected chi connectivity index (χ0v) is 24.8. The van der Waals surface area contributed by atoms with Crippen molar-refractivity contribution in [3.05, 3.63) is 12.2 Å². The van der Waals surface area contributed by atoms with Crippen molar-refractivity contribution in [1.29, 1.82) is 0 Å². The van der Waals surface area contributed by atoms with Crippen molar-refractivity contribution in [3.8, 4) is 0 Å². The highest BCUT2D eigenvalue weighted by atomic mass is 16.4. The van der Waals surface area contributed by atoms with Crippen LogP contribution in [-0.2, 0) is 14.4 Å². The molecule has 0 aromatic heterocycles. The molecule has 3 unspecified atom stereocenters. The molecule has 222 valence electrons. The number of carbonyl (C=O) groups is 3. The minimum absolute atomic E-state index is 0.437. The summed E-state index contributed by atoms with van der Waals surface area (Å²) in [4.78, 5) is 34.2. The number of carboxylic acid groups (broad SMARTS) is 3. The first-order chi connectivity index (χ1) is 18.0. The Labute approximate surface area is 232 Å². The molecule has 0 aliphatic heterocycles. The Morgan fingerprint density at radius 1 is 0.632 bits per heavy atom. The Balaban J connectivity index is 4.84. The van der Waals surface area contributed by atoms with Crippen molar-refractivity contribution >= 4 is 17.9 Å². The molecule has 0 rings (SSSR count). The molecule has 0 bridgehead atoms. The highest BCUT2D eigenvalue weighted by molar-refractivity contribution is 5.69. The largest absolute Gasteiger partial charge is 0.550 e. The Kier molecular flexibility index (Phi) is 20.9. The number of quaternary nitrogens is 1. The number of rotatable bonds is 26. The first kappa shape index (κ1) is 36.1. The van der Waals surface area contributed by atoms with Crippen LogP contribution >= 0.6 is 0 Å². The fourth-order valence-corrected chi connectivity index (χ4v) is 4.78. The summed E-state index contributed by atoms with van der Waals surface area (Å²) in [6, 6.07) is 0. The molecule has 0 aliphatic carbocycles. The average Bonchev–Trinajstić information content (AvgIpc) is 2.88. The van der Waals surface area contributed by atoms with Gasteiger partial charge in [0.05, 0.1) is 38.0 Å². The van der Waals surface area contributed by atoms with Crippen molar-refractivity contribution in [2.75, 3.05) is 26.2 Å². The number of hydrogen-bond donors (Lipinski definition) is 2. The summed E-state index contributed by atoms with van der Waals surface area (Å²) in [5, 5.41) is 30.1. The van der Waals surface area contributed by atoms with E-state index in [2.05, 4.69) is 19.1 Å². The van der Waals surface area contributed by atoms with Gasteiger partial charge in [-0.05, 0) is 38.5 Å². The van der Waals surface area contributed by atoms with E-state index in [1.54, 1.807) is 20.8 Å². The lowest BCUT2D eigenvalue weighted by atomic mass is 10.0. The Bertz CT molecular complexity index is 617. The maximum absolute atomic E-state index is 11.4. The molecule has 0 saturated heterocycles. The van der Waals surface area contributed by atoms with Gasteiger partial charge in [0.15, 0.2) is 0 Å². The number of carboxylic acids is 3. The molecule has 0 radical (unpaired) electrons.